The van der Waals surface area contributed by atoms with Crippen molar-refractivity contribution in [3.63, 3.8) is 0 Å². The Kier molecular flexibility index (Phi) is 6.57. The van der Waals surface area contributed by atoms with Crippen molar-refractivity contribution in [1.29, 1.82) is 0 Å². The van der Waals surface area contributed by atoms with Crippen LogP contribution in [0.3, 0.4) is 0 Å². The number of benzene rings is 2. The van der Waals surface area contributed by atoms with Crippen molar-refractivity contribution < 1.29 is 22.7 Å². The van der Waals surface area contributed by atoms with Crippen molar-refractivity contribution in [3.05, 3.63) is 65.2 Å². The van der Waals surface area contributed by atoms with E-state index >= 15 is 0 Å². The number of ether oxygens (including phenoxy) is 1. The van der Waals surface area contributed by atoms with Gasteiger partial charge in [0.05, 0.1) is 31.2 Å². The zero-order chi connectivity index (χ0) is 20.0. The molecule has 0 saturated heterocycles. The molecule has 0 aliphatic rings. The topological polar surface area (TPSA) is 92.8 Å². The first-order valence-electron chi connectivity index (χ1n) is 8.23. The number of amides is 1. The second-order valence-corrected chi connectivity index (χ2v) is 7.91. The van der Waals surface area contributed by atoms with Gasteiger partial charge in [0, 0.05) is 12.1 Å². The summed E-state index contributed by atoms with van der Waals surface area (Å²) in [6, 6.07) is 13.2. The summed E-state index contributed by atoms with van der Waals surface area (Å²) in [4.78, 5) is 23.7. The quantitative estimate of drug-likeness (QED) is 0.730. The lowest BCUT2D eigenvalue weighted by Gasteiger charge is -2.22. The van der Waals surface area contributed by atoms with Crippen LogP contribution in [0.5, 0.6) is 0 Å². The molecule has 1 amide bonds. The Bertz CT molecular complexity index is 923. The molecule has 1 N–H and O–H groups in total. The van der Waals surface area contributed by atoms with E-state index in [4.69, 9.17) is 0 Å². The highest BCUT2D eigenvalue weighted by atomic mass is 32.2. The van der Waals surface area contributed by atoms with Crippen LogP contribution < -0.4 is 9.62 Å². The third kappa shape index (κ3) is 5.55. The van der Waals surface area contributed by atoms with E-state index in [1.165, 1.54) is 35.7 Å². The van der Waals surface area contributed by atoms with Crippen molar-refractivity contribution in [1.82, 2.24) is 5.32 Å². The molecule has 2 rings (SSSR count). The van der Waals surface area contributed by atoms with Gasteiger partial charge in [0.25, 0.3) is 5.91 Å². The third-order valence-electron chi connectivity index (χ3n) is 3.86. The molecule has 0 saturated carbocycles. The second-order valence-electron chi connectivity index (χ2n) is 6.00. The first-order valence-corrected chi connectivity index (χ1v) is 10.1. The van der Waals surface area contributed by atoms with Gasteiger partial charge < -0.3 is 10.1 Å². The highest BCUT2D eigenvalue weighted by Gasteiger charge is 2.18. The van der Waals surface area contributed by atoms with Crippen molar-refractivity contribution in [2.24, 2.45) is 0 Å². The van der Waals surface area contributed by atoms with Gasteiger partial charge in [-0.05, 0) is 43.3 Å². The number of rotatable bonds is 7. The Hall–Kier alpha value is -2.87. The maximum Gasteiger partial charge on any atom is 0.337 e. The number of carbonyl (C=O) groups excluding carboxylic acids is 2. The summed E-state index contributed by atoms with van der Waals surface area (Å²) in [5.74, 6) is -0.772. The third-order valence-corrected chi connectivity index (χ3v) is 5.05. The van der Waals surface area contributed by atoms with Crippen LogP contribution in [0.25, 0.3) is 0 Å². The van der Waals surface area contributed by atoms with Gasteiger partial charge in [-0.2, -0.15) is 0 Å². The highest BCUT2D eigenvalue weighted by Crippen LogP contribution is 2.18. The number of methoxy groups -OCH3 is 1. The molecule has 0 heterocycles. The molecule has 0 aromatic heterocycles. The lowest BCUT2D eigenvalue weighted by atomic mass is 10.1. The van der Waals surface area contributed by atoms with Crippen LogP contribution in [0.4, 0.5) is 5.69 Å². The average Bonchev–Trinajstić information content (AvgIpc) is 2.63. The number of esters is 1. The lowest BCUT2D eigenvalue weighted by Crippen LogP contribution is -2.38. The van der Waals surface area contributed by atoms with Crippen molar-refractivity contribution in [2.75, 3.05) is 30.8 Å². The van der Waals surface area contributed by atoms with Crippen molar-refractivity contribution in [2.45, 2.75) is 6.92 Å². The van der Waals surface area contributed by atoms with Gasteiger partial charge in [0.15, 0.2) is 0 Å². The maximum absolute atomic E-state index is 12.2. The van der Waals surface area contributed by atoms with E-state index < -0.39 is 16.0 Å². The van der Waals surface area contributed by atoms with Crippen molar-refractivity contribution in [3.8, 4) is 0 Å². The lowest BCUT2D eigenvalue weighted by molar-refractivity contribution is 0.0600. The van der Waals surface area contributed by atoms with Crippen LogP contribution in [0.2, 0.25) is 0 Å². The number of hydrogen-bond donors (Lipinski definition) is 1. The van der Waals surface area contributed by atoms with E-state index in [2.05, 4.69) is 10.1 Å². The normalized spacial score (nSPS) is 10.9. The summed E-state index contributed by atoms with van der Waals surface area (Å²) in [7, 11) is -2.29. The van der Waals surface area contributed by atoms with Gasteiger partial charge >= 0.3 is 5.97 Å². The minimum absolute atomic E-state index is 0.0635. The summed E-state index contributed by atoms with van der Waals surface area (Å²) < 4.78 is 30.0. The molecule has 0 unspecified atom stereocenters. The van der Waals surface area contributed by atoms with E-state index in [0.717, 1.165) is 11.8 Å². The number of anilines is 1. The van der Waals surface area contributed by atoms with Crippen LogP contribution in [-0.2, 0) is 14.8 Å². The standard InChI is InChI=1S/C19H22N2O5S/c1-14-5-4-6-16(13-14)18(22)20-11-12-21(27(3,24)25)17-9-7-15(8-10-17)19(23)26-2/h4-10,13H,11-12H2,1-3H3,(H,20,22). The second kappa shape index (κ2) is 8.68. The number of sulfonamides is 1. The summed E-state index contributed by atoms with van der Waals surface area (Å²) >= 11 is 0. The number of aryl methyl sites for hydroxylation is 1. The molecule has 0 radical (unpaired) electrons. The Morgan fingerprint density at radius 3 is 2.30 bits per heavy atom. The van der Waals surface area contributed by atoms with E-state index in [0.29, 0.717) is 16.8 Å². The fourth-order valence-corrected chi connectivity index (χ4v) is 3.45. The SMILES string of the molecule is COC(=O)c1ccc(N(CCNC(=O)c2cccc(C)c2)S(C)(=O)=O)cc1. The first-order chi connectivity index (χ1) is 12.7. The minimum Gasteiger partial charge on any atom is -0.465 e. The summed E-state index contributed by atoms with van der Waals surface area (Å²) in [6.07, 6.45) is 1.09. The van der Waals surface area contributed by atoms with Gasteiger partial charge in [-0.3, -0.25) is 9.10 Å². The molecule has 144 valence electrons. The average molecular weight is 390 g/mol. The minimum atomic E-state index is -3.56. The van der Waals surface area contributed by atoms with Gasteiger partial charge in [-0.15, -0.1) is 0 Å². The largest absolute Gasteiger partial charge is 0.465 e. The van der Waals surface area contributed by atoms with Crippen LogP contribution in [-0.4, -0.2) is 46.7 Å². The number of carbonyl (C=O) groups is 2. The van der Waals surface area contributed by atoms with Crippen LogP contribution >= 0.6 is 0 Å². The highest BCUT2D eigenvalue weighted by molar-refractivity contribution is 7.92. The fraction of sp³-hybridized carbons (Fsp3) is 0.263. The van der Waals surface area contributed by atoms with E-state index in [-0.39, 0.29) is 19.0 Å². The monoisotopic (exact) mass is 390 g/mol. The predicted octanol–water partition coefficient (Wildman–Crippen LogP) is 1.98. The molecule has 0 atom stereocenters. The first kappa shape index (κ1) is 20.4. The Balaban J connectivity index is 2.07. The Morgan fingerprint density at radius 2 is 1.74 bits per heavy atom. The van der Waals surface area contributed by atoms with E-state index in [1.54, 1.807) is 18.2 Å². The molecule has 0 aliphatic heterocycles. The van der Waals surface area contributed by atoms with Gasteiger partial charge in [0.1, 0.15) is 0 Å². The summed E-state index contributed by atoms with van der Waals surface area (Å²) in [5.41, 5.74) is 2.20. The van der Waals surface area contributed by atoms with Gasteiger partial charge in [-0.25, -0.2) is 13.2 Å². The maximum atomic E-state index is 12.2. The molecular weight excluding hydrogens is 368 g/mol. The zero-order valence-electron chi connectivity index (χ0n) is 15.4. The predicted molar refractivity (Wildman–Crippen MR) is 103 cm³/mol. The van der Waals surface area contributed by atoms with Crippen molar-refractivity contribution >= 4 is 27.6 Å². The molecule has 7 nitrogen and oxygen atoms in total. The fourth-order valence-electron chi connectivity index (χ4n) is 2.53. The van der Waals surface area contributed by atoms with Gasteiger partial charge in [0.2, 0.25) is 10.0 Å². The zero-order valence-corrected chi connectivity index (χ0v) is 16.2. The molecule has 0 aliphatic carbocycles. The molecule has 8 heteroatoms. The molecular formula is C19H22N2O5S. The number of nitrogens with one attached hydrogen (secondary N) is 1. The summed E-state index contributed by atoms with van der Waals surface area (Å²) in [5, 5.41) is 2.72. The van der Waals surface area contributed by atoms with Gasteiger partial charge in [-0.1, -0.05) is 17.7 Å². The molecule has 0 bridgehead atoms. The molecule has 27 heavy (non-hydrogen) atoms. The van der Waals surface area contributed by atoms with Crippen LogP contribution in [0.15, 0.2) is 48.5 Å². The number of nitrogens with zero attached hydrogens (tertiary/aromatic N) is 1. The van der Waals surface area contributed by atoms with Crippen LogP contribution in [0, 0.1) is 6.92 Å². The Labute approximate surface area is 159 Å². The Morgan fingerprint density at radius 1 is 1.07 bits per heavy atom. The molecule has 0 fully saturated rings. The molecule has 2 aromatic carbocycles. The molecule has 0 spiro atoms. The smallest absolute Gasteiger partial charge is 0.337 e. The summed E-state index contributed by atoms with van der Waals surface area (Å²) in [6.45, 7) is 2.09. The van der Waals surface area contributed by atoms with E-state index in [1.807, 2.05) is 13.0 Å². The molecule has 2 aromatic rings. The van der Waals surface area contributed by atoms with Crippen LogP contribution in [0.1, 0.15) is 26.3 Å². The number of hydrogen-bond acceptors (Lipinski definition) is 5. The van der Waals surface area contributed by atoms with E-state index in [9.17, 15) is 18.0 Å².